The number of aromatic nitrogens is 3. The maximum atomic E-state index is 12.1. The molecule has 0 saturated heterocycles. The van der Waals surface area contributed by atoms with Crippen molar-refractivity contribution < 1.29 is 17.9 Å². The molecule has 0 fully saturated rings. The molecule has 154 valence electrons. The van der Waals surface area contributed by atoms with Crippen LogP contribution in [0.3, 0.4) is 0 Å². The van der Waals surface area contributed by atoms with Gasteiger partial charge in [-0.15, -0.1) is 10.2 Å². The third-order valence-electron chi connectivity index (χ3n) is 3.92. The lowest BCUT2D eigenvalue weighted by atomic mass is 10.1. The molecule has 7 nitrogen and oxygen atoms in total. The van der Waals surface area contributed by atoms with Crippen LogP contribution < -0.4 is 10.6 Å². The molecule has 1 heterocycles. The van der Waals surface area contributed by atoms with E-state index >= 15 is 0 Å². The van der Waals surface area contributed by atoms with E-state index in [2.05, 4.69) is 30.6 Å². The van der Waals surface area contributed by atoms with Crippen LogP contribution in [0.1, 0.15) is 29.7 Å². The first-order chi connectivity index (χ1) is 13.3. The number of halogens is 3. The van der Waals surface area contributed by atoms with Gasteiger partial charge in [0.2, 0.25) is 0 Å². The third kappa shape index (κ3) is 7.18. The number of ether oxygens (including phenoxy) is 1. The summed E-state index contributed by atoms with van der Waals surface area (Å²) in [6, 6.07) is 7.13. The number of aliphatic imine (C=N–C) groups is 1. The highest BCUT2D eigenvalue weighted by Gasteiger charge is 2.27. The first kappa shape index (κ1) is 21.7. The van der Waals surface area contributed by atoms with Gasteiger partial charge in [0.15, 0.2) is 11.8 Å². The van der Waals surface area contributed by atoms with Crippen LogP contribution in [-0.4, -0.2) is 40.1 Å². The summed E-state index contributed by atoms with van der Waals surface area (Å²) < 4.78 is 42.8. The van der Waals surface area contributed by atoms with Crippen molar-refractivity contribution in [3.05, 3.63) is 47.0 Å². The maximum absolute atomic E-state index is 12.1. The Morgan fingerprint density at radius 3 is 2.39 bits per heavy atom. The van der Waals surface area contributed by atoms with Gasteiger partial charge in [0.05, 0.1) is 19.7 Å². The highest BCUT2D eigenvalue weighted by molar-refractivity contribution is 5.79. The first-order valence-corrected chi connectivity index (χ1v) is 8.88. The van der Waals surface area contributed by atoms with Gasteiger partial charge in [0.1, 0.15) is 12.4 Å². The van der Waals surface area contributed by atoms with Crippen molar-refractivity contribution in [3.8, 4) is 0 Å². The van der Waals surface area contributed by atoms with Crippen molar-refractivity contribution in [2.45, 2.75) is 39.7 Å². The number of aryl methyl sites for hydroxylation is 1. The van der Waals surface area contributed by atoms with Crippen LogP contribution in [0.15, 0.2) is 29.3 Å². The molecule has 0 atom stereocenters. The van der Waals surface area contributed by atoms with Gasteiger partial charge >= 0.3 is 6.18 Å². The lowest BCUT2D eigenvalue weighted by Crippen LogP contribution is -2.37. The number of rotatable bonds is 8. The van der Waals surface area contributed by atoms with Crippen molar-refractivity contribution in [2.75, 3.05) is 13.2 Å². The fraction of sp³-hybridized carbons (Fsp3) is 0.500. The normalized spacial score (nSPS) is 12.3. The predicted molar refractivity (Wildman–Crippen MR) is 99.5 cm³/mol. The molecule has 1 aromatic heterocycles. The van der Waals surface area contributed by atoms with Gasteiger partial charge in [0.25, 0.3) is 0 Å². The molecule has 0 radical (unpaired) electrons. The largest absolute Gasteiger partial charge is 0.411 e. The lowest BCUT2D eigenvalue weighted by Gasteiger charge is -2.11. The van der Waals surface area contributed by atoms with Crippen LogP contribution in [0.5, 0.6) is 0 Å². The van der Waals surface area contributed by atoms with E-state index in [1.807, 2.05) is 37.6 Å². The maximum Gasteiger partial charge on any atom is 0.411 e. The van der Waals surface area contributed by atoms with E-state index in [-0.39, 0.29) is 6.61 Å². The number of alkyl halides is 3. The molecule has 2 N–H and O–H groups in total. The SMILES string of the molecule is CCNC(=NCc1ccc(COCC(F)(F)F)cc1)NCc1nnc(C)n1C. The minimum absolute atomic E-state index is 0.0790. The summed E-state index contributed by atoms with van der Waals surface area (Å²) in [7, 11) is 1.90. The van der Waals surface area contributed by atoms with Crippen molar-refractivity contribution in [1.82, 2.24) is 25.4 Å². The molecule has 10 heteroatoms. The highest BCUT2D eigenvalue weighted by Crippen LogP contribution is 2.16. The average Bonchev–Trinajstić information content (AvgIpc) is 2.96. The Bertz CT molecular complexity index is 771. The van der Waals surface area contributed by atoms with Crippen LogP contribution in [0.25, 0.3) is 0 Å². The second-order valence-corrected chi connectivity index (χ2v) is 6.20. The number of hydrogen-bond donors (Lipinski definition) is 2. The van der Waals surface area contributed by atoms with Gasteiger partial charge in [0, 0.05) is 13.6 Å². The Labute approximate surface area is 162 Å². The van der Waals surface area contributed by atoms with E-state index < -0.39 is 12.8 Å². The highest BCUT2D eigenvalue weighted by atomic mass is 19.4. The fourth-order valence-corrected chi connectivity index (χ4v) is 2.31. The summed E-state index contributed by atoms with van der Waals surface area (Å²) in [4.78, 5) is 4.52. The summed E-state index contributed by atoms with van der Waals surface area (Å²) in [5.74, 6) is 2.27. The van der Waals surface area contributed by atoms with Crippen molar-refractivity contribution >= 4 is 5.96 Å². The molecule has 2 aromatic rings. The van der Waals surface area contributed by atoms with Crippen molar-refractivity contribution in [2.24, 2.45) is 12.0 Å². The molecule has 0 aliphatic heterocycles. The summed E-state index contributed by atoms with van der Waals surface area (Å²) in [6.45, 7) is 4.15. The van der Waals surface area contributed by atoms with E-state index in [1.54, 1.807) is 12.1 Å². The number of nitrogens with one attached hydrogen (secondary N) is 2. The second kappa shape index (κ2) is 10.1. The quantitative estimate of drug-likeness (QED) is 0.528. The molecule has 28 heavy (non-hydrogen) atoms. The summed E-state index contributed by atoms with van der Waals surface area (Å²) in [5.41, 5.74) is 1.62. The lowest BCUT2D eigenvalue weighted by molar-refractivity contribution is -0.176. The van der Waals surface area contributed by atoms with E-state index in [0.29, 0.717) is 31.2 Å². The molecule has 0 aliphatic rings. The van der Waals surface area contributed by atoms with Crippen LogP contribution in [0, 0.1) is 6.92 Å². The fourth-order valence-electron chi connectivity index (χ4n) is 2.31. The van der Waals surface area contributed by atoms with Gasteiger partial charge in [-0.05, 0) is 25.0 Å². The molecular formula is C18H25F3N6O. The first-order valence-electron chi connectivity index (χ1n) is 8.88. The van der Waals surface area contributed by atoms with Crippen molar-refractivity contribution in [1.29, 1.82) is 0 Å². The molecule has 1 aromatic carbocycles. The van der Waals surface area contributed by atoms with Gasteiger partial charge < -0.3 is 19.9 Å². The summed E-state index contributed by atoms with van der Waals surface area (Å²) in [6.07, 6.45) is -4.31. The topological polar surface area (TPSA) is 76.4 Å². The molecular weight excluding hydrogens is 373 g/mol. The van der Waals surface area contributed by atoms with E-state index in [4.69, 9.17) is 0 Å². The van der Waals surface area contributed by atoms with Crippen LogP contribution >= 0.6 is 0 Å². The van der Waals surface area contributed by atoms with Crippen LogP contribution in [-0.2, 0) is 31.5 Å². The zero-order valence-electron chi connectivity index (χ0n) is 16.2. The second-order valence-electron chi connectivity index (χ2n) is 6.20. The van der Waals surface area contributed by atoms with Gasteiger partial charge in [-0.2, -0.15) is 13.2 Å². The van der Waals surface area contributed by atoms with Gasteiger partial charge in [-0.1, -0.05) is 24.3 Å². The standard InChI is InChI=1S/C18H25F3N6O/c1-4-22-17(24-10-16-26-25-13(2)27(16)3)23-9-14-5-7-15(8-6-14)11-28-12-18(19,20)21/h5-8H,4,9-12H2,1-3H3,(H2,22,23,24). The summed E-state index contributed by atoms with van der Waals surface area (Å²) >= 11 is 0. The predicted octanol–water partition coefficient (Wildman–Crippen LogP) is 2.46. The van der Waals surface area contributed by atoms with Gasteiger partial charge in [-0.25, -0.2) is 4.99 Å². The van der Waals surface area contributed by atoms with E-state index in [1.165, 1.54) is 0 Å². The van der Waals surface area contributed by atoms with E-state index in [0.717, 1.165) is 17.2 Å². The Kier molecular flexibility index (Phi) is 7.80. The molecule has 0 saturated carbocycles. The van der Waals surface area contributed by atoms with E-state index in [9.17, 15) is 13.2 Å². The molecule has 2 rings (SSSR count). The Balaban J connectivity index is 1.88. The zero-order chi connectivity index (χ0) is 20.6. The molecule has 0 bridgehead atoms. The Morgan fingerprint density at radius 2 is 1.82 bits per heavy atom. The number of hydrogen-bond acceptors (Lipinski definition) is 4. The number of guanidine groups is 1. The molecule has 0 amide bonds. The minimum atomic E-state index is -4.31. The third-order valence-corrected chi connectivity index (χ3v) is 3.92. The number of benzene rings is 1. The average molecular weight is 398 g/mol. The van der Waals surface area contributed by atoms with Crippen LogP contribution in [0.2, 0.25) is 0 Å². The van der Waals surface area contributed by atoms with Gasteiger partial charge in [-0.3, -0.25) is 0 Å². The molecule has 0 aliphatic carbocycles. The van der Waals surface area contributed by atoms with Crippen LogP contribution in [0.4, 0.5) is 13.2 Å². The monoisotopic (exact) mass is 398 g/mol. The minimum Gasteiger partial charge on any atom is -0.367 e. The molecule has 0 spiro atoms. The number of nitrogens with zero attached hydrogens (tertiary/aromatic N) is 4. The Hall–Kier alpha value is -2.62. The summed E-state index contributed by atoms with van der Waals surface area (Å²) in [5, 5.41) is 14.5. The zero-order valence-corrected chi connectivity index (χ0v) is 16.2. The molecule has 0 unspecified atom stereocenters. The Morgan fingerprint density at radius 1 is 1.14 bits per heavy atom. The smallest absolute Gasteiger partial charge is 0.367 e. The van der Waals surface area contributed by atoms with Crippen molar-refractivity contribution in [3.63, 3.8) is 0 Å².